The third-order valence-corrected chi connectivity index (χ3v) is 6.47. The van der Waals surface area contributed by atoms with Gasteiger partial charge in [0, 0.05) is 24.7 Å². The van der Waals surface area contributed by atoms with Crippen LogP contribution in [0.3, 0.4) is 0 Å². The molecule has 0 spiro atoms. The van der Waals surface area contributed by atoms with Gasteiger partial charge in [0.05, 0.1) is 42.6 Å². The summed E-state index contributed by atoms with van der Waals surface area (Å²) in [4.78, 5) is 9.59. The van der Waals surface area contributed by atoms with Crippen molar-refractivity contribution in [1.29, 1.82) is 5.41 Å². The number of aliphatic hydroxyl groups excluding tert-OH is 2. The van der Waals surface area contributed by atoms with E-state index in [2.05, 4.69) is 15.3 Å². The number of benzene rings is 3. The Bertz CT molecular complexity index is 1390. The molecule has 0 radical (unpaired) electrons. The zero-order valence-electron chi connectivity index (χ0n) is 20.6. The van der Waals surface area contributed by atoms with E-state index >= 15 is 0 Å². The van der Waals surface area contributed by atoms with E-state index in [0.717, 1.165) is 16.6 Å². The number of aromatic nitrogens is 2. The number of aromatic amines is 1. The minimum Gasteiger partial charge on any atom is -0.509 e. The molecular formula is C28H29N5O4. The van der Waals surface area contributed by atoms with Crippen LogP contribution in [-0.2, 0) is 0 Å². The molecule has 190 valence electrons. The van der Waals surface area contributed by atoms with Crippen LogP contribution in [0.1, 0.15) is 24.0 Å². The van der Waals surface area contributed by atoms with E-state index < -0.39 is 12.3 Å². The lowest BCUT2D eigenvalue weighted by molar-refractivity contribution is 0.138. The van der Waals surface area contributed by atoms with Crippen LogP contribution in [0.2, 0.25) is 0 Å². The van der Waals surface area contributed by atoms with Crippen molar-refractivity contribution < 1.29 is 19.7 Å². The highest BCUT2D eigenvalue weighted by atomic mass is 16.5. The minimum atomic E-state index is -0.853. The lowest BCUT2D eigenvalue weighted by Crippen LogP contribution is -2.38. The number of anilines is 1. The topological polar surface area (TPSA) is 127 Å². The molecule has 0 fully saturated rings. The maximum absolute atomic E-state index is 11.4. The molecule has 0 aliphatic carbocycles. The molecule has 5 rings (SSSR count). The number of nitrogens with zero attached hydrogens (tertiary/aromatic N) is 2. The fraction of sp³-hybridized carbons (Fsp3) is 0.214. The molecule has 37 heavy (non-hydrogen) atoms. The van der Waals surface area contributed by atoms with Gasteiger partial charge in [0.2, 0.25) is 0 Å². The maximum atomic E-state index is 11.4. The van der Waals surface area contributed by atoms with Crippen molar-refractivity contribution in [2.24, 2.45) is 0 Å². The Morgan fingerprint density at radius 3 is 2.38 bits per heavy atom. The molecule has 5 N–H and O–H groups in total. The van der Waals surface area contributed by atoms with Gasteiger partial charge < -0.3 is 29.6 Å². The molecule has 3 aromatic carbocycles. The van der Waals surface area contributed by atoms with Crippen LogP contribution in [0.25, 0.3) is 16.6 Å². The van der Waals surface area contributed by atoms with Gasteiger partial charge in [-0.15, -0.1) is 0 Å². The second-order valence-electron chi connectivity index (χ2n) is 8.72. The van der Waals surface area contributed by atoms with Crippen LogP contribution in [0, 0.1) is 5.41 Å². The van der Waals surface area contributed by atoms with E-state index in [0.29, 0.717) is 41.5 Å². The van der Waals surface area contributed by atoms with E-state index in [1.165, 1.54) is 0 Å². The molecule has 9 heteroatoms. The van der Waals surface area contributed by atoms with Gasteiger partial charge in [-0.05, 0) is 24.1 Å². The SMILES string of the molecule is COc1cc(OC)cc(N2C(=N)C(c3nc4ccccc4[nH]3)=C(O)C2CCNC(O)c2ccccc2)c1. The smallest absolute Gasteiger partial charge is 0.145 e. The van der Waals surface area contributed by atoms with Gasteiger partial charge >= 0.3 is 0 Å². The summed E-state index contributed by atoms with van der Waals surface area (Å²) in [5, 5.41) is 34.2. The number of amidine groups is 1. The molecule has 0 amide bonds. The normalized spacial score (nSPS) is 16.5. The van der Waals surface area contributed by atoms with Crippen molar-refractivity contribution in [3.63, 3.8) is 0 Å². The minimum absolute atomic E-state index is 0.0295. The largest absolute Gasteiger partial charge is 0.509 e. The second kappa shape index (κ2) is 10.3. The summed E-state index contributed by atoms with van der Waals surface area (Å²) in [6, 6.07) is 21.6. The summed E-state index contributed by atoms with van der Waals surface area (Å²) in [7, 11) is 3.13. The number of ether oxygens (including phenoxy) is 2. The van der Waals surface area contributed by atoms with Gasteiger partial charge in [0.15, 0.2) is 0 Å². The summed E-state index contributed by atoms with van der Waals surface area (Å²) < 4.78 is 10.9. The third-order valence-electron chi connectivity index (χ3n) is 6.47. The average Bonchev–Trinajstić information content (AvgIpc) is 3.46. The van der Waals surface area contributed by atoms with Crippen LogP contribution in [0.5, 0.6) is 11.5 Å². The average molecular weight is 500 g/mol. The van der Waals surface area contributed by atoms with Gasteiger partial charge in [-0.25, -0.2) is 4.98 Å². The number of methoxy groups -OCH3 is 2. The predicted molar refractivity (Wildman–Crippen MR) is 143 cm³/mol. The third kappa shape index (κ3) is 4.74. The first-order valence-electron chi connectivity index (χ1n) is 12.0. The van der Waals surface area contributed by atoms with Gasteiger partial charge in [-0.2, -0.15) is 0 Å². The summed E-state index contributed by atoms with van der Waals surface area (Å²) in [5.74, 6) is 1.68. The van der Waals surface area contributed by atoms with Crippen LogP contribution in [0.4, 0.5) is 5.69 Å². The van der Waals surface area contributed by atoms with Gasteiger partial charge in [-0.3, -0.25) is 10.7 Å². The Labute approximate surface area is 214 Å². The Morgan fingerprint density at radius 2 is 1.70 bits per heavy atom. The number of hydrogen-bond acceptors (Lipinski definition) is 7. The van der Waals surface area contributed by atoms with Crippen molar-refractivity contribution >= 4 is 28.1 Å². The van der Waals surface area contributed by atoms with E-state index in [1.54, 1.807) is 37.3 Å². The first-order chi connectivity index (χ1) is 18.0. The molecule has 0 bridgehead atoms. The number of H-pyrrole nitrogens is 1. The lowest BCUT2D eigenvalue weighted by Gasteiger charge is -2.28. The Morgan fingerprint density at radius 1 is 1.03 bits per heavy atom. The van der Waals surface area contributed by atoms with E-state index in [1.807, 2.05) is 54.6 Å². The number of fused-ring (bicyclic) bond motifs is 1. The molecule has 1 aliphatic heterocycles. The molecule has 0 saturated carbocycles. The van der Waals surface area contributed by atoms with Crippen LogP contribution in [-0.4, -0.2) is 52.8 Å². The Balaban J connectivity index is 1.49. The highest BCUT2D eigenvalue weighted by Gasteiger charge is 2.40. The number of para-hydroxylation sites is 2. The van der Waals surface area contributed by atoms with Crippen molar-refractivity contribution in [2.45, 2.75) is 18.7 Å². The first-order valence-corrected chi connectivity index (χ1v) is 12.0. The van der Waals surface area contributed by atoms with E-state index in [-0.39, 0.29) is 11.6 Å². The molecule has 2 unspecified atom stereocenters. The van der Waals surface area contributed by atoms with Crippen molar-refractivity contribution in [3.8, 4) is 11.5 Å². The summed E-state index contributed by atoms with van der Waals surface area (Å²) in [6.45, 7) is 0.378. The van der Waals surface area contributed by atoms with Crippen LogP contribution < -0.4 is 19.7 Å². The molecule has 2 atom stereocenters. The second-order valence-corrected chi connectivity index (χ2v) is 8.72. The summed E-state index contributed by atoms with van der Waals surface area (Å²) >= 11 is 0. The predicted octanol–water partition coefficient (Wildman–Crippen LogP) is 4.39. The van der Waals surface area contributed by atoms with Crippen molar-refractivity contribution in [3.05, 3.63) is 89.9 Å². The summed E-state index contributed by atoms with van der Waals surface area (Å²) in [6.07, 6.45) is -0.449. The molecule has 1 aliphatic rings. The van der Waals surface area contributed by atoms with Crippen LogP contribution >= 0.6 is 0 Å². The zero-order chi connectivity index (χ0) is 25.9. The molecule has 2 heterocycles. The summed E-state index contributed by atoms with van der Waals surface area (Å²) in [5.41, 5.74) is 3.27. The van der Waals surface area contributed by atoms with Crippen LogP contribution in [0.15, 0.2) is 78.6 Å². The fourth-order valence-electron chi connectivity index (χ4n) is 4.61. The number of hydrogen-bond donors (Lipinski definition) is 5. The van der Waals surface area contributed by atoms with Crippen molar-refractivity contribution in [1.82, 2.24) is 15.3 Å². The number of aliphatic hydroxyl groups is 2. The monoisotopic (exact) mass is 499 g/mol. The maximum Gasteiger partial charge on any atom is 0.145 e. The Kier molecular flexibility index (Phi) is 6.80. The zero-order valence-corrected chi connectivity index (χ0v) is 20.6. The standard InChI is InChI=1S/C28H29N5O4/c1-36-19-14-18(15-20(16-19)37-2)33-23(12-13-30-28(35)17-8-4-3-5-9-17)25(34)24(26(33)29)27-31-21-10-6-7-11-22(21)32-27/h3-11,14-16,23,28-30,34-35H,12-13H2,1-2H3,(H,31,32). The van der Waals surface area contributed by atoms with E-state index in [9.17, 15) is 10.2 Å². The molecular weight excluding hydrogens is 470 g/mol. The van der Waals surface area contributed by atoms with Gasteiger partial charge in [0.25, 0.3) is 0 Å². The van der Waals surface area contributed by atoms with Gasteiger partial charge in [0.1, 0.15) is 35.1 Å². The molecule has 4 aromatic rings. The molecule has 1 aromatic heterocycles. The number of nitrogens with one attached hydrogen (secondary N) is 3. The fourth-order valence-corrected chi connectivity index (χ4v) is 4.61. The first kappa shape index (κ1) is 24.4. The molecule has 9 nitrogen and oxygen atoms in total. The van der Waals surface area contributed by atoms with Gasteiger partial charge in [-0.1, -0.05) is 42.5 Å². The quantitative estimate of drug-likeness (QED) is 0.216. The molecule has 0 saturated heterocycles. The Hall–Kier alpha value is -4.34. The highest BCUT2D eigenvalue weighted by molar-refractivity contribution is 6.31. The number of imidazole rings is 1. The highest BCUT2D eigenvalue weighted by Crippen LogP contribution is 2.39. The lowest BCUT2D eigenvalue weighted by atomic mass is 10.1. The number of rotatable bonds is 9. The van der Waals surface area contributed by atoms with Crippen molar-refractivity contribution in [2.75, 3.05) is 25.7 Å². The van der Waals surface area contributed by atoms with E-state index in [4.69, 9.17) is 14.9 Å².